The summed E-state index contributed by atoms with van der Waals surface area (Å²) < 4.78 is 0. The number of carbonyl (C=O) groups excluding carboxylic acids is 1. The maximum absolute atomic E-state index is 13.4. The molecule has 3 rings (SSSR count). The van der Waals surface area contributed by atoms with Crippen LogP contribution in [0.3, 0.4) is 0 Å². The maximum Gasteiger partial charge on any atom is 0.254 e. The van der Waals surface area contributed by atoms with Gasteiger partial charge >= 0.3 is 0 Å². The van der Waals surface area contributed by atoms with Crippen LogP contribution in [-0.4, -0.2) is 34.6 Å². The van der Waals surface area contributed by atoms with E-state index >= 15 is 0 Å². The Morgan fingerprint density at radius 3 is 2.63 bits per heavy atom. The van der Waals surface area contributed by atoms with E-state index in [1.807, 2.05) is 31.7 Å². The van der Waals surface area contributed by atoms with Crippen molar-refractivity contribution < 1.29 is 4.79 Å². The SMILES string of the molecule is C=N/C(NC1(C)CC1)=C(\C)C(C(=O)N1CCc2cc(Cl)ncc2C1)=C(C)C. The second kappa shape index (κ2) is 7.47. The van der Waals surface area contributed by atoms with E-state index in [2.05, 4.69) is 28.9 Å². The molecule has 1 aliphatic carbocycles. The molecule has 1 fully saturated rings. The normalized spacial score (nSPS) is 18.2. The lowest BCUT2D eigenvalue weighted by atomic mass is 9.97. The zero-order chi connectivity index (χ0) is 19.8. The zero-order valence-corrected chi connectivity index (χ0v) is 17.3. The number of rotatable bonds is 5. The van der Waals surface area contributed by atoms with Crippen molar-refractivity contribution in [3.05, 3.63) is 51.1 Å². The van der Waals surface area contributed by atoms with Crippen LogP contribution in [-0.2, 0) is 17.8 Å². The third-order valence-electron chi connectivity index (χ3n) is 5.37. The summed E-state index contributed by atoms with van der Waals surface area (Å²) in [5.41, 5.74) is 4.83. The number of hydrogen-bond donors (Lipinski definition) is 1. The molecule has 2 heterocycles. The lowest BCUT2D eigenvalue weighted by molar-refractivity contribution is -0.127. The molecule has 5 nitrogen and oxygen atoms in total. The molecule has 144 valence electrons. The fourth-order valence-electron chi connectivity index (χ4n) is 3.46. The molecule has 1 aliphatic heterocycles. The number of nitrogens with one attached hydrogen (secondary N) is 1. The smallest absolute Gasteiger partial charge is 0.254 e. The topological polar surface area (TPSA) is 57.6 Å². The molecule has 1 amide bonds. The van der Waals surface area contributed by atoms with E-state index in [1.54, 1.807) is 6.20 Å². The average Bonchev–Trinajstić information content (AvgIpc) is 3.36. The summed E-state index contributed by atoms with van der Waals surface area (Å²) in [4.78, 5) is 23.6. The summed E-state index contributed by atoms with van der Waals surface area (Å²) in [6.45, 7) is 13.0. The molecule has 0 spiro atoms. The summed E-state index contributed by atoms with van der Waals surface area (Å²) in [5, 5.41) is 3.95. The van der Waals surface area contributed by atoms with Gasteiger partial charge in [-0.05, 0) is 70.9 Å². The Labute approximate surface area is 166 Å². The van der Waals surface area contributed by atoms with Crippen LogP contribution >= 0.6 is 11.6 Å². The van der Waals surface area contributed by atoms with Crippen LogP contribution in [0.25, 0.3) is 0 Å². The van der Waals surface area contributed by atoms with Gasteiger partial charge in [0.15, 0.2) is 0 Å². The molecule has 0 unspecified atom stereocenters. The number of fused-ring (bicyclic) bond motifs is 1. The highest BCUT2D eigenvalue weighted by Crippen LogP contribution is 2.36. The van der Waals surface area contributed by atoms with Gasteiger partial charge in [0.2, 0.25) is 0 Å². The zero-order valence-electron chi connectivity index (χ0n) is 16.5. The average molecular weight is 387 g/mol. The van der Waals surface area contributed by atoms with Gasteiger partial charge in [-0.25, -0.2) is 9.98 Å². The molecule has 2 aliphatic rings. The highest BCUT2D eigenvalue weighted by molar-refractivity contribution is 6.29. The number of pyridine rings is 1. The number of aromatic nitrogens is 1. The number of carbonyl (C=O) groups is 1. The van der Waals surface area contributed by atoms with E-state index in [9.17, 15) is 4.79 Å². The minimum atomic E-state index is 0.0250. The number of nitrogens with zero attached hydrogens (tertiary/aromatic N) is 3. The van der Waals surface area contributed by atoms with E-state index in [-0.39, 0.29) is 11.4 Å². The summed E-state index contributed by atoms with van der Waals surface area (Å²) in [6, 6.07) is 1.89. The van der Waals surface area contributed by atoms with E-state index in [0.717, 1.165) is 36.0 Å². The molecule has 0 bridgehead atoms. The van der Waals surface area contributed by atoms with Crippen molar-refractivity contribution >= 4 is 24.2 Å². The van der Waals surface area contributed by atoms with Crippen molar-refractivity contribution in [2.24, 2.45) is 4.99 Å². The minimum absolute atomic E-state index is 0.0250. The molecule has 0 atom stereocenters. The molecule has 0 aromatic carbocycles. The van der Waals surface area contributed by atoms with Crippen LogP contribution in [0.5, 0.6) is 0 Å². The van der Waals surface area contributed by atoms with Crippen molar-refractivity contribution in [1.29, 1.82) is 0 Å². The number of allylic oxidation sites excluding steroid dienone is 1. The first-order chi connectivity index (χ1) is 12.7. The Morgan fingerprint density at radius 1 is 1.33 bits per heavy atom. The molecular weight excluding hydrogens is 360 g/mol. The van der Waals surface area contributed by atoms with E-state index in [0.29, 0.717) is 29.6 Å². The van der Waals surface area contributed by atoms with Crippen molar-refractivity contribution in [3.63, 3.8) is 0 Å². The summed E-state index contributed by atoms with van der Waals surface area (Å²) >= 11 is 5.99. The quantitative estimate of drug-likeness (QED) is 0.359. The van der Waals surface area contributed by atoms with Gasteiger partial charge in [0.1, 0.15) is 11.0 Å². The molecule has 1 aromatic heterocycles. The Kier molecular flexibility index (Phi) is 5.43. The molecule has 0 radical (unpaired) electrons. The monoisotopic (exact) mass is 386 g/mol. The molecule has 1 N–H and O–H groups in total. The Hall–Kier alpha value is -2.14. The van der Waals surface area contributed by atoms with E-state index in [1.165, 1.54) is 5.56 Å². The molecule has 1 saturated carbocycles. The number of hydrogen-bond acceptors (Lipinski definition) is 4. The lowest BCUT2D eigenvalue weighted by Gasteiger charge is -2.30. The van der Waals surface area contributed by atoms with Crippen LogP contribution in [0.15, 0.2) is 39.8 Å². The standard InChI is InChI=1S/C21H27ClN4O/c1-13(2)18(14(3)19(23-5)25-21(4)7-8-21)20(27)26-9-6-15-10-17(22)24-11-16(15)12-26/h10-11,25H,5-9,12H2,1-4H3/b19-14-. The lowest BCUT2D eigenvalue weighted by Crippen LogP contribution is -2.38. The van der Waals surface area contributed by atoms with Crippen LogP contribution in [0.1, 0.15) is 51.7 Å². The molecule has 0 saturated heterocycles. The van der Waals surface area contributed by atoms with Gasteiger partial charge in [-0.1, -0.05) is 17.2 Å². The Bertz CT molecular complexity index is 848. The van der Waals surface area contributed by atoms with Crippen LogP contribution in [0.4, 0.5) is 0 Å². The first-order valence-corrected chi connectivity index (χ1v) is 9.68. The molecular formula is C21H27ClN4O. The summed E-state index contributed by atoms with van der Waals surface area (Å²) in [7, 11) is 0. The Morgan fingerprint density at radius 2 is 2.04 bits per heavy atom. The van der Waals surface area contributed by atoms with Crippen LogP contribution in [0.2, 0.25) is 5.15 Å². The van der Waals surface area contributed by atoms with Crippen molar-refractivity contribution in [2.75, 3.05) is 6.54 Å². The molecule has 1 aromatic rings. The number of halogens is 1. The second-order valence-electron chi connectivity index (χ2n) is 7.94. The third kappa shape index (κ3) is 4.24. The summed E-state index contributed by atoms with van der Waals surface area (Å²) in [5.74, 6) is 0.724. The predicted octanol–water partition coefficient (Wildman–Crippen LogP) is 4.03. The van der Waals surface area contributed by atoms with Gasteiger partial charge in [-0.15, -0.1) is 0 Å². The van der Waals surface area contributed by atoms with Crippen molar-refractivity contribution in [1.82, 2.24) is 15.2 Å². The predicted molar refractivity (Wildman–Crippen MR) is 110 cm³/mol. The second-order valence-corrected chi connectivity index (χ2v) is 8.33. The van der Waals surface area contributed by atoms with Gasteiger partial charge in [0, 0.05) is 36.0 Å². The fourth-order valence-corrected chi connectivity index (χ4v) is 3.64. The van der Waals surface area contributed by atoms with E-state index in [4.69, 9.17) is 11.6 Å². The van der Waals surface area contributed by atoms with Gasteiger partial charge in [-0.2, -0.15) is 0 Å². The highest BCUT2D eigenvalue weighted by Gasteiger charge is 2.38. The first-order valence-electron chi connectivity index (χ1n) is 9.30. The van der Waals surface area contributed by atoms with Crippen molar-refractivity contribution in [3.8, 4) is 0 Å². The van der Waals surface area contributed by atoms with Gasteiger partial charge < -0.3 is 10.2 Å². The van der Waals surface area contributed by atoms with Crippen LogP contribution < -0.4 is 5.32 Å². The van der Waals surface area contributed by atoms with E-state index < -0.39 is 0 Å². The maximum atomic E-state index is 13.4. The first kappa shape index (κ1) is 19.6. The number of aliphatic imine (C=N–C) groups is 1. The van der Waals surface area contributed by atoms with Gasteiger partial charge in [0.25, 0.3) is 5.91 Å². The van der Waals surface area contributed by atoms with Crippen LogP contribution in [0, 0.1) is 0 Å². The summed E-state index contributed by atoms with van der Waals surface area (Å²) in [6.07, 6.45) is 4.77. The fraction of sp³-hybridized carbons (Fsp3) is 0.476. The highest BCUT2D eigenvalue weighted by atomic mass is 35.5. The minimum Gasteiger partial charge on any atom is -0.365 e. The van der Waals surface area contributed by atoms with Gasteiger partial charge in [-0.3, -0.25) is 4.79 Å². The molecule has 6 heteroatoms. The number of amides is 1. The Balaban J connectivity index is 1.87. The molecule has 27 heavy (non-hydrogen) atoms. The van der Waals surface area contributed by atoms with Crippen molar-refractivity contribution in [2.45, 2.75) is 59.0 Å². The van der Waals surface area contributed by atoms with Gasteiger partial charge in [0.05, 0.1) is 0 Å². The third-order valence-corrected chi connectivity index (χ3v) is 5.58. The largest absolute Gasteiger partial charge is 0.365 e.